The molecule has 1 nitrogen and oxygen atoms in total. The first-order chi connectivity index (χ1) is 8.49. The molecular formula is C14H12F3N. The molecule has 2 aromatic rings. The van der Waals surface area contributed by atoms with Gasteiger partial charge in [0, 0.05) is 11.6 Å². The third kappa shape index (κ3) is 2.38. The summed E-state index contributed by atoms with van der Waals surface area (Å²) < 4.78 is 39.7. The molecule has 0 aliphatic rings. The van der Waals surface area contributed by atoms with Crippen LogP contribution in [0, 0.1) is 17.5 Å². The van der Waals surface area contributed by atoms with Gasteiger partial charge in [0.2, 0.25) is 0 Å². The summed E-state index contributed by atoms with van der Waals surface area (Å²) in [4.78, 5) is 0. The molecule has 0 spiro atoms. The highest BCUT2D eigenvalue weighted by Gasteiger charge is 2.10. The van der Waals surface area contributed by atoms with Gasteiger partial charge >= 0.3 is 0 Å². The summed E-state index contributed by atoms with van der Waals surface area (Å²) in [6.07, 6.45) is 0. The summed E-state index contributed by atoms with van der Waals surface area (Å²) in [6.45, 7) is 1.77. The van der Waals surface area contributed by atoms with E-state index in [9.17, 15) is 13.2 Å². The van der Waals surface area contributed by atoms with Crippen LogP contribution in [0.1, 0.15) is 18.5 Å². The molecule has 0 heterocycles. The Morgan fingerprint density at radius 3 is 2.17 bits per heavy atom. The maximum atomic E-state index is 13.7. The molecule has 0 saturated carbocycles. The second-order valence-electron chi connectivity index (χ2n) is 4.16. The van der Waals surface area contributed by atoms with E-state index in [0.29, 0.717) is 0 Å². The number of hydrogen-bond acceptors (Lipinski definition) is 1. The minimum atomic E-state index is -1.00. The molecule has 0 amide bonds. The van der Waals surface area contributed by atoms with Crippen molar-refractivity contribution in [3.05, 3.63) is 59.4 Å². The summed E-state index contributed by atoms with van der Waals surface area (Å²) in [5, 5.41) is 0. The van der Waals surface area contributed by atoms with Crippen LogP contribution in [0.25, 0.3) is 11.1 Å². The number of rotatable bonds is 2. The fourth-order valence-electron chi connectivity index (χ4n) is 1.71. The van der Waals surface area contributed by atoms with E-state index in [1.807, 2.05) is 0 Å². The van der Waals surface area contributed by atoms with Crippen molar-refractivity contribution in [3.63, 3.8) is 0 Å². The lowest BCUT2D eigenvalue weighted by molar-refractivity contribution is 0.509. The molecule has 1 unspecified atom stereocenters. The Morgan fingerprint density at radius 2 is 1.56 bits per heavy atom. The lowest BCUT2D eigenvalue weighted by atomic mass is 9.99. The molecule has 94 valence electrons. The molecule has 0 aromatic heterocycles. The van der Waals surface area contributed by atoms with E-state index in [2.05, 4.69) is 0 Å². The first-order valence-corrected chi connectivity index (χ1v) is 5.49. The molecule has 1 atom stereocenters. The topological polar surface area (TPSA) is 26.0 Å². The standard InChI is InChI=1S/C14H12F3N/c1-8(18)9-2-4-12(15)11(6-9)10-3-5-13(16)14(17)7-10/h2-8H,18H2,1H3. The van der Waals surface area contributed by atoms with Gasteiger partial charge in [0.1, 0.15) is 5.82 Å². The lowest BCUT2D eigenvalue weighted by Gasteiger charge is -2.10. The van der Waals surface area contributed by atoms with Gasteiger partial charge in [-0.2, -0.15) is 0 Å². The fraction of sp³-hybridized carbons (Fsp3) is 0.143. The van der Waals surface area contributed by atoms with E-state index in [-0.39, 0.29) is 17.2 Å². The molecule has 18 heavy (non-hydrogen) atoms. The van der Waals surface area contributed by atoms with Crippen molar-refractivity contribution < 1.29 is 13.2 Å². The Bertz CT molecular complexity index is 579. The van der Waals surface area contributed by atoms with Crippen molar-refractivity contribution in [2.75, 3.05) is 0 Å². The SMILES string of the molecule is CC(N)c1ccc(F)c(-c2ccc(F)c(F)c2)c1. The monoisotopic (exact) mass is 251 g/mol. The van der Waals surface area contributed by atoms with Crippen LogP contribution in [0.5, 0.6) is 0 Å². The molecule has 2 N–H and O–H groups in total. The van der Waals surface area contributed by atoms with E-state index in [1.54, 1.807) is 19.1 Å². The Morgan fingerprint density at radius 1 is 0.889 bits per heavy atom. The van der Waals surface area contributed by atoms with Crippen molar-refractivity contribution in [3.8, 4) is 11.1 Å². The van der Waals surface area contributed by atoms with Crippen LogP contribution in [0.15, 0.2) is 36.4 Å². The summed E-state index contributed by atoms with van der Waals surface area (Å²) >= 11 is 0. The van der Waals surface area contributed by atoms with Crippen molar-refractivity contribution in [2.24, 2.45) is 5.73 Å². The molecule has 4 heteroatoms. The molecule has 2 rings (SSSR count). The minimum absolute atomic E-state index is 0.212. The van der Waals surface area contributed by atoms with Crippen molar-refractivity contribution >= 4 is 0 Å². The second kappa shape index (κ2) is 4.82. The fourth-order valence-corrected chi connectivity index (χ4v) is 1.71. The average Bonchev–Trinajstić information content (AvgIpc) is 2.33. The molecular weight excluding hydrogens is 239 g/mol. The maximum absolute atomic E-state index is 13.7. The zero-order valence-corrected chi connectivity index (χ0v) is 9.75. The van der Waals surface area contributed by atoms with Gasteiger partial charge in [-0.3, -0.25) is 0 Å². The number of benzene rings is 2. The number of nitrogens with two attached hydrogens (primary N) is 1. The summed E-state index contributed by atoms with van der Waals surface area (Å²) in [5.41, 5.74) is 6.94. The molecule has 0 saturated heterocycles. The highest BCUT2D eigenvalue weighted by molar-refractivity contribution is 5.65. The van der Waals surface area contributed by atoms with Gasteiger partial charge in [-0.1, -0.05) is 12.1 Å². The average molecular weight is 251 g/mol. The predicted octanol–water partition coefficient (Wildman–Crippen LogP) is 3.79. The minimum Gasteiger partial charge on any atom is -0.324 e. The summed E-state index contributed by atoms with van der Waals surface area (Å²) in [7, 11) is 0. The van der Waals surface area contributed by atoms with Crippen LogP contribution in [-0.4, -0.2) is 0 Å². The van der Waals surface area contributed by atoms with Crippen molar-refractivity contribution in [1.82, 2.24) is 0 Å². The molecule has 0 radical (unpaired) electrons. The number of halogens is 3. The van der Waals surface area contributed by atoms with Crippen LogP contribution in [0.3, 0.4) is 0 Å². The van der Waals surface area contributed by atoms with Crippen LogP contribution in [0.4, 0.5) is 13.2 Å². The first-order valence-electron chi connectivity index (χ1n) is 5.49. The maximum Gasteiger partial charge on any atom is 0.159 e. The van der Waals surface area contributed by atoms with Gasteiger partial charge in [0.25, 0.3) is 0 Å². The van der Waals surface area contributed by atoms with Gasteiger partial charge in [-0.25, -0.2) is 13.2 Å². The van der Waals surface area contributed by atoms with Gasteiger partial charge in [-0.15, -0.1) is 0 Å². The van der Waals surface area contributed by atoms with E-state index >= 15 is 0 Å². The summed E-state index contributed by atoms with van der Waals surface area (Å²) in [5.74, 6) is -2.45. The zero-order valence-electron chi connectivity index (χ0n) is 9.75. The van der Waals surface area contributed by atoms with Crippen LogP contribution in [-0.2, 0) is 0 Å². The molecule has 2 aromatic carbocycles. The van der Waals surface area contributed by atoms with Gasteiger partial charge < -0.3 is 5.73 Å². The largest absolute Gasteiger partial charge is 0.324 e. The van der Waals surface area contributed by atoms with Crippen LogP contribution >= 0.6 is 0 Å². The first kappa shape index (κ1) is 12.6. The zero-order chi connectivity index (χ0) is 13.3. The van der Waals surface area contributed by atoms with Crippen LogP contribution < -0.4 is 5.73 Å². The van der Waals surface area contributed by atoms with E-state index in [4.69, 9.17) is 5.73 Å². The quantitative estimate of drug-likeness (QED) is 0.863. The Labute approximate surface area is 103 Å². The van der Waals surface area contributed by atoms with Crippen LogP contribution in [0.2, 0.25) is 0 Å². The lowest BCUT2D eigenvalue weighted by Crippen LogP contribution is -2.05. The Hall–Kier alpha value is -1.81. The van der Waals surface area contributed by atoms with Crippen molar-refractivity contribution in [2.45, 2.75) is 13.0 Å². The van der Waals surface area contributed by atoms with Gasteiger partial charge in [0.05, 0.1) is 0 Å². The second-order valence-corrected chi connectivity index (χ2v) is 4.16. The molecule has 0 aliphatic carbocycles. The molecule has 0 aliphatic heterocycles. The third-order valence-corrected chi connectivity index (χ3v) is 2.75. The van der Waals surface area contributed by atoms with Gasteiger partial charge in [-0.05, 0) is 42.3 Å². The number of hydrogen-bond donors (Lipinski definition) is 1. The smallest absolute Gasteiger partial charge is 0.159 e. The van der Waals surface area contributed by atoms with E-state index in [1.165, 1.54) is 12.1 Å². The Balaban J connectivity index is 2.55. The highest BCUT2D eigenvalue weighted by atomic mass is 19.2. The molecule has 0 fully saturated rings. The Kier molecular flexibility index (Phi) is 3.39. The summed E-state index contributed by atoms with van der Waals surface area (Å²) in [6, 6.07) is 7.42. The molecule has 0 bridgehead atoms. The van der Waals surface area contributed by atoms with Gasteiger partial charge in [0.15, 0.2) is 11.6 Å². The highest BCUT2D eigenvalue weighted by Crippen LogP contribution is 2.27. The van der Waals surface area contributed by atoms with E-state index in [0.717, 1.165) is 17.7 Å². The predicted molar refractivity (Wildman–Crippen MR) is 64.4 cm³/mol. The van der Waals surface area contributed by atoms with E-state index < -0.39 is 17.5 Å². The normalized spacial score (nSPS) is 12.5. The van der Waals surface area contributed by atoms with Crippen molar-refractivity contribution in [1.29, 1.82) is 0 Å². The third-order valence-electron chi connectivity index (χ3n) is 2.75.